The fourth-order valence-corrected chi connectivity index (χ4v) is 3.18. The summed E-state index contributed by atoms with van der Waals surface area (Å²) in [6, 6.07) is 4.83. The number of nitrogens with zero attached hydrogens (tertiary/aromatic N) is 5. The second kappa shape index (κ2) is 8.18. The van der Waals surface area contributed by atoms with E-state index in [4.69, 9.17) is 39.9 Å². The topological polar surface area (TPSA) is 131 Å². The number of rotatable bonds is 5. The van der Waals surface area contributed by atoms with Gasteiger partial charge in [-0.1, -0.05) is 29.8 Å². The number of halogens is 3. The molecule has 0 aliphatic rings. The predicted octanol–water partition coefficient (Wildman–Crippen LogP) is 3.45. The smallest absolute Gasteiger partial charge is 0.169 e. The van der Waals surface area contributed by atoms with E-state index >= 15 is 0 Å². The summed E-state index contributed by atoms with van der Waals surface area (Å²) in [6.45, 7) is 3.57. The fourth-order valence-electron chi connectivity index (χ4n) is 2.52. The van der Waals surface area contributed by atoms with Crippen molar-refractivity contribution in [2.45, 2.75) is 0 Å². The SMILES string of the molecule is C=C(N)/C=C(\N=CN)Nc1ncc(F)c2nn(-c3c(Cl)cc(C#N)cc3Cl)cc12. The van der Waals surface area contributed by atoms with Gasteiger partial charge in [-0.25, -0.2) is 19.0 Å². The molecule has 0 fully saturated rings. The fraction of sp³-hybridized carbons (Fsp3) is 0. The zero-order chi connectivity index (χ0) is 21.1. The molecule has 8 nitrogen and oxygen atoms in total. The molecule has 0 radical (unpaired) electrons. The molecule has 11 heteroatoms. The zero-order valence-electron chi connectivity index (χ0n) is 14.7. The van der Waals surface area contributed by atoms with E-state index in [9.17, 15) is 4.39 Å². The van der Waals surface area contributed by atoms with Crippen LogP contribution < -0.4 is 16.8 Å². The third kappa shape index (κ3) is 4.13. The summed E-state index contributed by atoms with van der Waals surface area (Å²) in [7, 11) is 0. The van der Waals surface area contributed by atoms with E-state index in [2.05, 4.69) is 27.0 Å². The number of nitrogens with one attached hydrogen (secondary N) is 1. The maximum Gasteiger partial charge on any atom is 0.169 e. The number of aromatic nitrogens is 3. The first-order valence-electron chi connectivity index (χ1n) is 7.94. The van der Waals surface area contributed by atoms with Crippen LogP contribution in [0, 0.1) is 17.1 Å². The lowest BCUT2D eigenvalue weighted by atomic mass is 10.2. The van der Waals surface area contributed by atoms with Crippen LogP contribution in [-0.4, -0.2) is 21.1 Å². The van der Waals surface area contributed by atoms with Crippen molar-refractivity contribution < 1.29 is 4.39 Å². The molecule has 3 aromatic rings. The molecule has 29 heavy (non-hydrogen) atoms. The molecular formula is C18H13Cl2FN8. The molecule has 0 atom stereocenters. The maximum absolute atomic E-state index is 14.3. The third-order valence-electron chi connectivity index (χ3n) is 3.66. The van der Waals surface area contributed by atoms with Gasteiger partial charge >= 0.3 is 0 Å². The molecular weight excluding hydrogens is 418 g/mol. The molecule has 3 rings (SSSR count). The van der Waals surface area contributed by atoms with Gasteiger partial charge in [0.15, 0.2) is 5.82 Å². The first-order valence-corrected chi connectivity index (χ1v) is 8.70. The van der Waals surface area contributed by atoms with Gasteiger partial charge in [-0.15, -0.1) is 0 Å². The van der Waals surface area contributed by atoms with Crippen molar-refractivity contribution in [3.63, 3.8) is 0 Å². The Morgan fingerprint density at radius 3 is 2.66 bits per heavy atom. The van der Waals surface area contributed by atoms with Crippen molar-refractivity contribution >= 4 is 46.3 Å². The molecule has 0 saturated carbocycles. The van der Waals surface area contributed by atoms with Crippen LogP contribution in [-0.2, 0) is 0 Å². The molecule has 0 amide bonds. The van der Waals surface area contributed by atoms with Gasteiger partial charge in [-0.3, -0.25) is 0 Å². The highest BCUT2D eigenvalue weighted by Crippen LogP contribution is 2.32. The monoisotopic (exact) mass is 430 g/mol. The highest BCUT2D eigenvalue weighted by molar-refractivity contribution is 6.38. The summed E-state index contributed by atoms with van der Waals surface area (Å²) < 4.78 is 15.6. The summed E-state index contributed by atoms with van der Waals surface area (Å²) in [5.74, 6) is -0.171. The van der Waals surface area contributed by atoms with Crippen molar-refractivity contribution in [2.24, 2.45) is 16.5 Å². The number of aliphatic imine (C=N–C) groups is 1. The second-order valence-electron chi connectivity index (χ2n) is 5.70. The van der Waals surface area contributed by atoms with Crippen LogP contribution in [0.1, 0.15) is 5.56 Å². The average molecular weight is 431 g/mol. The minimum absolute atomic E-state index is 0.0154. The molecule has 0 aliphatic heterocycles. The van der Waals surface area contributed by atoms with Crippen molar-refractivity contribution in [3.8, 4) is 11.8 Å². The molecule has 5 N–H and O–H groups in total. The van der Waals surface area contributed by atoms with E-state index in [0.717, 1.165) is 12.5 Å². The van der Waals surface area contributed by atoms with Gasteiger partial charge in [0, 0.05) is 18.0 Å². The number of anilines is 1. The number of fused-ring (bicyclic) bond motifs is 1. The Bertz CT molecular complexity index is 1200. The lowest BCUT2D eigenvalue weighted by Gasteiger charge is -2.07. The summed E-state index contributed by atoms with van der Waals surface area (Å²) in [6.07, 6.45) is 4.99. The van der Waals surface area contributed by atoms with E-state index < -0.39 is 5.82 Å². The predicted molar refractivity (Wildman–Crippen MR) is 111 cm³/mol. The Labute approximate surface area is 174 Å². The Morgan fingerprint density at radius 1 is 1.38 bits per heavy atom. The normalized spacial score (nSPS) is 11.7. The van der Waals surface area contributed by atoms with Crippen LogP contribution in [0.4, 0.5) is 10.2 Å². The highest BCUT2D eigenvalue weighted by atomic mass is 35.5. The molecule has 1 aromatic carbocycles. The Balaban J connectivity index is 2.16. The molecule has 0 saturated heterocycles. The highest BCUT2D eigenvalue weighted by Gasteiger charge is 2.17. The van der Waals surface area contributed by atoms with Crippen LogP contribution >= 0.6 is 23.2 Å². The number of nitrogens with two attached hydrogens (primary N) is 2. The quantitative estimate of drug-likeness (QED) is 0.322. The lowest BCUT2D eigenvalue weighted by molar-refractivity contribution is 0.629. The van der Waals surface area contributed by atoms with Crippen LogP contribution in [0.2, 0.25) is 10.0 Å². The van der Waals surface area contributed by atoms with Gasteiger partial charge < -0.3 is 16.8 Å². The van der Waals surface area contributed by atoms with Crippen molar-refractivity contribution in [3.05, 3.63) is 70.1 Å². The minimum Gasteiger partial charge on any atom is -0.399 e. The zero-order valence-corrected chi connectivity index (χ0v) is 16.2. The molecule has 0 spiro atoms. The number of pyridine rings is 1. The first kappa shape index (κ1) is 20.1. The number of nitriles is 1. The summed E-state index contributed by atoms with van der Waals surface area (Å²) in [5.41, 5.74) is 11.7. The Hall–Kier alpha value is -3.61. The average Bonchev–Trinajstić information content (AvgIpc) is 3.09. The maximum atomic E-state index is 14.3. The Kier molecular flexibility index (Phi) is 5.68. The number of hydrogen-bond acceptors (Lipinski definition) is 6. The Morgan fingerprint density at radius 2 is 2.07 bits per heavy atom. The molecule has 146 valence electrons. The van der Waals surface area contributed by atoms with E-state index in [0.29, 0.717) is 11.1 Å². The van der Waals surface area contributed by atoms with E-state index in [1.807, 2.05) is 6.07 Å². The lowest BCUT2D eigenvalue weighted by Crippen LogP contribution is -2.04. The summed E-state index contributed by atoms with van der Waals surface area (Å²) in [4.78, 5) is 7.97. The van der Waals surface area contributed by atoms with Crippen molar-refractivity contribution in [2.75, 3.05) is 5.32 Å². The molecule has 0 bridgehead atoms. The van der Waals surface area contributed by atoms with Crippen LogP contribution in [0.25, 0.3) is 16.6 Å². The third-order valence-corrected chi connectivity index (χ3v) is 4.24. The first-order chi connectivity index (χ1) is 13.8. The van der Waals surface area contributed by atoms with Gasteiger partial charge in [0.1, 0.15) is 22.8 Å². The molecule has 0 aliphatic carbocycles. The van der Waals surface area contributed by atoms with Gasteiger partial charge in [-0.2, -0.15) is 10.4 Å². The van der Waals surface area contributed by atoms with Crippen LogP contribution in [0.5, 0.6) is 0 Å². The summed E-state index contributed by atoms with van der Waals surface area (Å²) in [5, 5.41) is 16.8. The van der Waals surface area contributed by atoms with Crippen molar-refractivity contribution in [1.29, 1.82) is 5.26 Å². The number of benzene rings is 1. The summed E-state index contributed by atoms with van der Waals surface area (Å²) >= 11 is 12.5. The molecule has 0 unspecified atom stereocenters. The number of hydrogen-bond donors (Lipinski definition) is 3. The van der Waals surface area contributed by atoms with E-state index in [-0.39, 0.29) is 38.5 Å². The van der Waals surface area contributed by atoms with Gasteiger partial charge in [-0.05, 0) is 12.1 Å². The second-order valence-corrected chi connectivity index (χ2v) is 6.51. The van der Waals surface area contributed by atoms with Gasteiger partial charge in [0.25, 0.3) is 0 Å². The van der Waals surface area contributed by atoms with Gasteiger partial charge in [0.2, 0.25) is 0 Å². The largest absolute Gasteiger partial charge is 0.399 e. The van der Waals surface area contributed by atoms with Crippen molar-refractivity contribution in [1.82, 2.24) is 14.8 Å². The van der Waals surface area contributed by atoms with Crippen LogP contribution in [0.3, 0.4) is 0 Å². The van der Waals surface area contributed by atoms with Gasteiger partial charge in [0.05, 0.1) is 39.6 Å². The molecule has 2 heterocycles. The van der Waals surface area contributed by atoms with Crippen LogP contribution in [0.15, 0.2) is 53.7 Å². The van der Waals surface area contributed by atoms with E-state index in [1.54, 1.807) is 0 Å². The molecule has 2 aromatic heterocycles. The number of allylic oxidation sites excluding steroid dienone is 1. The van der Waals surface area contributed by atoms with E-state index in [1.165, 1.54) is 29.1 Å². The minimum atomic E-state index is -0.652. The standard InChI is InChI=1S/C18H13Cl2FN8/c1-9(24)2-15(26-8-23)27-18-11-7-29(28-16(11)14(21)6-25-18)17-12(19)3-10(5-22)4-13(17)20/h2-4,6-8H,1,24H2,(H2,23,26)(H,25,27)/b15-2+.